The highest BCUT2D eigenvalue weighted by Gasteiger charge is 2.24. The molecule has 120 valence electrons. The number of nitrogens with zero attached hydrogens (tertiary/aromatic N) is 2. The third-order valence-corrected chi connectivity index (χ3v) is 9.80. The summed E-state index contributed by atoms with van der Waals surface area (Å²) in [5, 5.41) is 0. The molecular formula is C18H14N2O2S2. The Labute approximate surface area is 142 Å². The zero-order valence-corrected chi connectivity index (χ0v) is 14.3. The highest BCUT2D eigenvalue weighted by atomic mass is 32.9. The molecule has 0 N–H and O–H groups in total. The van der Waals surface area contributed by atoms with E-state index in [1.807, 2.05) is 42.5 Å². The van der Waals surface area contributed by atoms with Gasteiger partial charge in [0.25, 0.3) is 0 Å². The fraction of sp³-hybridized carbons (Fsp3) is 0.0556. The predicted octanol–water partition coefficient (Wildman–Crippen LogP) is 3.35. The summed E-state index contributed by atoms with van der Waals surface area (Å²) >= 11 is 0. The van der Waals surface area contributed by atoms with Crippen LogP contribution in [0.5, 0.6) is 0 Å². The number of fused-ring (bicyclic) bond motifs is 1. The third kappa shape index (κ3) is 2.68. The lowest BCUT2D eigenvalue weighted by molar-refractivity contribution is 0.104. The van der Waals surface area contributed by atoms with Crippen molar-refractivity contribution in [1.82, 2.24) is 0 Å². The van der Waals surface area contributed by atoms with Crippen molar-refractivity contribution in [3.8, 4) is 0 Å². The van der Waals surface area contributed by atoms with E-state index in [0.717, 1.165) is 10.6 Å². The summed E-state index contributed by atoms with van der Waals surface area (Å²) < 4.78 is 13.3. The molecule has 2 aliphatic rings. The van der Waals surface area contributed by atoms with E-state index in [9.17, 15) is 9.00 Å². The first kappa shape index (κ1) is 15.2. The summed E-state index contributed by atoms with van der Waals surface area (Å²) in [5.74, 6) is 0.171. The van der Waals surface area contributed by atoms with Crippen molar-refractivity contribution < 1.29 is 9.00 Å². The summed E-state index contributed by atoms with van der Waals surface area (Å²) in [6.07, 6.45) is 1.49. The number of carbonyl (C=O) groups is 1. The topological polar surface area (TPSA) is 58.9 Å². The summed E-state index contributed by atoms with van der Waals surface area (Å²) in [7, 11) is -2.94. The van der Waals surface area contributed by atoms with E-state index >= 15 is 0 Å². The molecule has 0 aliphatic carbocycles. The first-order chi connectivity index (χ1) is 11.7. The number of para-hydroxylation sites is 1. The van der Waals surface area contributed by atoms with Crippen molar-refractivity contribution in [3.63, 3.8) is 0 Å². The Morgan fingerprint density at radius 3 is 2.62 bits per heavy atom. The highest BCUT2D eigenvalue weighted by Crippen LogP contribution is 2.31. The van der Waals surface area contributed by atoms with E-state index < -0.39 is 17.9 Å². The van der Waals surface area contributed by atoms with Crippen LogP contribution in [0.1, 0.15) is 10.4 Å². The summed E-state index contributed by atoms with van der Waals surface area (Å²) in [6.45, 7) is 0. The Bertz CT molecular complexity index is 1040. The first-order valence-electron chi connectivity index (χ1n) is 7.38. The van der Waals surface area contributed by atoms with Crippen LogP contribution >= 0.6 is 0 Å². The van der Waals surface area contributed by atoms with Gasteiger partial charge in [-0.25, -0.2) is 4.99 Å². The molecule has 0 aromatic heterocycles. The fourth-order valence-electron chi connectivity index (χ4n) is 2.57. The van der Waals surface area contributed by atoms with E-state index in [1.54, 1.807) is 17.7 Å². The Morgan fingerprint density at radius 1 is 1.04 bits per heavy atom. The molecule has 24 heavy (non-hydrogen) atoms. The molecule has 0 spiro atoms. The molecule has 2 aromatic rings. The van der Waals surface area contributed by atoms with Gasteiger partial charge in [0, 0.05) is 25.0 Å². The molecule has 0 fully saturated rings. The van der Waals surface area contributed by atoms with Gasteiger partial charge in [-0.15, -0.1) is 0 Å². The van der Waals surface area contributed by atoms with Gasteiger partial charge in [-0.1, -0.05) is 51.9 Å². The molecule has 2 heterocycles. The standard InChI is InChI=1S/C18H14N2O2S2/c21-17(14-6-2-1-3-7-14)10-15-11-24(22,13-20-15)23-12-19-16-8-4-5-9-18(16)23/h1-10,12-13H,11H2. The average molecular weight is 354 g/mol. The van der Waals surface area contributed by atoms with Crippen LogP contribution in [-0.2, 0) is 17.9 Å². The van der Waals surface area contributed by atoms with Crippen LogP contribution < -0.4 is 0 Å². The maximum Gasteiger partial charge on any atom is 0.187 e. The second-order valence-electron chi connectivity index (χ2n) is 5.41. The number of carbonyl (C=O) groups excluding carboxylic acids is 1. The van der Waals surface area contributed by atoms with Crippen molar-refractivity contribution in [2.45, 2.75) is 4.90 Å². The minimum atomic E-state index is -2.36. The van der Waals surface area contributed by atoms with Crippen LogP contribution in [-0.4, -0.2) is 26.8 Å². The molecule has 2 atom stereocenters. The smallest absolute Gasteiger partial charge is 0.187 e. The summed E-state index contributed by atoms with van der Waals surface area (Å²) in [4.78, 5) is 21.9. The zero-order valence-electron chi connectivity index (χ0n) is 12.7. The molecule has 0 radical (unpaired) electrons. The van der Waals surface area contributed by atoms with E-state index in [-0.39, 0.29) is 11.5 Å². The fourth-order valence-corrected chi connectivity index (χ4v) is 8.10. The lowest BCUT2D eigenvalue weighted by atomic mass is 10.1. The molecule has 4 rings (SSSR count). The maximum atomic E-state index is 13.3. The van der Waals surface area contributed by atoms with Crippen molar-refractivity contribution in [2.75, 3.05) is 5.75 Å². The van der Waals surface area contributed by atoms with E-state index in [0.29, 0.717) is 11.3 Å². The molecular weight excluding hydrogens is 340 g/mol. The number of ketones is 1. The third-order valence-electron chi connectivity index (χ3n) is 3.76. The van der Waals surface area contributed by atoms with Gasteiger partial charge >= 0.3 is 0 Å². The molecule has 2 unspecified atom stereocenters. The normalized spacial score (nSPS) is 26.0. The highest BCUT2D eigenvalue weighted by molar-refractivity contribution is 8.57. The Kier molecular flexibility index (Phi) is 3.78. The molecule has 0 amide bonds. The van der Waals surface area contributed by atoms with Crippen LogP contribution in [0.25, 0.3) is 0 Å². The second kappa shape index (κ2) is 5.96. The van der Waals surface area contributed by atoms with Crippen molar-refractivity contribution in [1.29, 1.82) is 0 Å². The van der Waals surface area contributed by atoms with Crippen molar-refractivity contribution >= 4 is 40.5 Å². The average Bonchev–Trinajstić information content (AvgIpc) is 3.20. The van der Waals surface area contributed by atoms with Crippen LogP contribution in [0.4, 0.5) is 5.69 Å². The van der Waals surface area contributed by atoms with Gasteiger partial charge in [0.2, 0.25) is 0 Å². The van der Waals surface area contributed by atoms with Crippen LogP contribution in [0.2, 0.25) is 0 Å². The van der Waals surface area contributed by atoms with Gasteiger partial charge in [-0.2, -0.15) is 0 Å². The van der Waals surface area contributed by atoms with Gasteiger partial charge in [0.05, 0.1) is 28.2 Å². The minimum absolute atomic E-state index is 0.116. The number of rotatable bonds is 2. The van der Waals surface area contributed by atoms with Crippen LogP contribution in [0, 0.1) is 0 Å². The molecule has 0 saturated heterocycles. The van der Waals surface area contributed by atoms with E-state index in [2.05, 4.69) is 9.98 Å². The summed E-state index contributed by atoms with van der Waals surface area (Å²) in [5.41, 5.74) is 5.33. The van der Waals surface area contributed by atoms with Gasteiger partial charge in [0.15, 0.2) is 5.78 Å². The van der Waals surface area contributed by atoms with Crippen molar-refractivity contribution in [3.05, 3.63) is 71.9 Å². The molecule has 2 aliphatic heterocycles. The molecule has 6 heteroatoms. The molecule has 0 saturated carbocycles. The maximum absolute atomic E-state index is 13.3. The number of aliphatic imine (C=N–C) groups is 2. The molecule has 0 bridgehead atoms. The molecule has 4 nitrogen and oxygen atoms in total. The van der Waals surface area contributed by atoms with Gasteiger partial charge in [-0.05, 0) is 12.1 Å². The summed E-state index contributed by atoms with van der Waals surface area (Å²) in [6, 6.07) is 16.8. The van der Waals surface area contributed by atoms with Gasteiger partial charge < -0.3 is 0 Å². The largest absolute Gasteiger partial charge is 0.289 e. The number of hydrogen-bond acceptors (Lipinski definition) is 4. The minimum Gasteiger partial charge on any atom is -0.289 e. The zero-order chi connectivity index (χ0) is 16.6. The van der Waals surface area contributed by atoms with Crippen molar-refractivity contribution in [2.24, 2.45) is 9.98 Å². The number of benzene rings is 2. The first-order valence-corrected chi connectivity index (χ1v) is 11.0. The number of allylic oxidation sites excluding steroid dienone is 1. The predicted molar refractivity (Wildman–Crippen MR) is 101 cm³/mol. The lowest BCUT2D eigenvalue weighted by Crippen LogP contribution is -2.10. The SMILES string of the molecule is O=C(C=C1CS(=O)(=S2C=Nc3ccccc32)C=N1)c1ccccc1. The van der Waals surface area contributed by atoms with E-state index in [4.69, 9.17) is 0 Å². The Balaban J connectivity index is 1.69. The van der Waals surface area contributed by atoms with Gasteiger partial charge in [0.1, 0.15) is 0 Å². The van der Waals surface area contributed by atoms with Crippen LogP contribution in [0.3, 0.4) is 0 Å². The lowest BCUT2D eigenvalue weighted by Gasteiger charge is -2.05. The Morgan fingerprint density at radius 2 is 1.79 bits per heavy atom. The van der Waals surface area contributed by atoms with E-state index in [1.165, 1.54) is 11.6 Å². The van der Waals surface area contributed by atoms with Crippen LogP contribution in [0.15, 0.2) is 81.3 Å². The monoisotopic (exact) mass is 354 g/mol. The number of hydrogen-bond donors (Lipinski definition) is 0. The molecule has 2 aromatic carbocycles. The Hall–Kier alpha value is -2.31. The van der Waals surface area contributed by atoms with Gasteiger partial charge in [-0.3, -0.25) is 14.0 Å². The second-order valence-corrected chi connectivity index (χ2v) is 11.2. The quantitative estimate of drug-likeness (QED) is 0.613.